The Morgan fingerprint density at radius 3 is 2.67 bits per heavy atom. The highest BCUT2D eigenvalue weighted by Crippen LogP contribution is 2.24. The van der Waals surface area contributed by atoms with Crippen molar-refractivity contribution < 1.29 is 4.79 Å². The summed E-state index contributed by atoms with van der Waals surface area (Å²) in [7, 11) is 0. The zero-order valence-electron chi connectivity index (χ0n) is 8.68. The molecule has 1 aromatic carbocycles. The maximum Gasteiger partial charge on any atom is 0.221 e. The fourth-order valence-corrected chi connectivity index (χ4v) is 1.73. The van der Waals surface area contributed by atoms with E-state index in [2.05, 4.69) is 5.32 Å². The minimum atomic E-state index is -0.129. The van der Waals surface area contributed by atoms with Crippen LogP contribution in [0.3, 0.4) is 0 Å². The lowest BCUT2D eigenvalue weighted by molar-refractivity contribution is -0.114. The number of alkyl halides is 1. The van der Waals surface area contributed by atoms with Crippen molar-refractivity contribution in [2.75, 3.05) is 5.32 Å². The quantitative estimate of drug-likeness (QED) is 0.813. The Kier molecular flexibility index (Phi) is 4.43. The standard InChI is InChI=1S/C11H13Cl2NO/c1-7(12)5-9-3-4-11(10(13)6-9)14-8(2)15/h3-4,6-7H,5H2,1-2H3,(H,14,15). The van der Waals surface area contributed by atoms with E-state index in [1.54, 1.807) is 6.07 Å². The van der Waals surface area contributed by atoms with Crippen molar-refractivity contribution in [3.05, 3.63) is 28.8 Å². The van der Waals surface area contributed by atoms with Crippen LogP contribution in [0, 0.1) is 0 Å². The van der Waals surface area contributed by atoms with Gasteiger partial charge in [-0.1, -0.05) is 17.7 Å². The summed E-state index contributed by atoms with van der Waals surface area (Å²) in [4.78, 5) is 10.8. The van der Waals surface area contributed by atoms with Gasteiger partial charge in [0.25, 0.3) is 0 Å². The third-order valence-electron chi connectivity index (χ3n) is 1.86. The average molecular weight is 246 g/mol. The first-order valence-corrected chi connectivity index (χ1v) is 5.50. The molecule has 4 heteroatoms. The van der Waals surface area contributed by atoms with Crippen LogP contribution >= 0.6 is 23.2 Å². The van der Waals surface area contributed by atoms with Gasteiger partial charge >= 0.3 is 0 Å². The van der Waals surface area contributed by atoms with Gasteiger partial charge in [-0.3, -0.25) is 4.79 Å². The van der Waals surface area contributed by atoms with E-state index in [1.165, 1.54) is 6.92 Å². The number of amides is 1. The topological polar surface area (TPSA) is 29.1 Å². The second-order valence-corrected chi connectivity index (χ2v) is 4.63. The van der Waals surface area contributed by atoms with Gasteiger partial charge in [-0.15, -0.1) is 11.6 Å². The number of nitrogens with one attached hydrogen (secondary N) is 1. The van der Waals surface area contributed by atoms with Gasteiger partial charge in [-0.25, -0.2) is 0 Å². The van der Waals surface area contributed by atoms with Crippen LogP contribution in [-0.4, -0.2) is 11.3 Å². The van der Waals surface area contributed by atoms with Gasteiger partial charge in [0.05, 0.1) is 10.7 Å². The number of hydrogen-bond donors (Lipinski definition) is 1. The maximum absolute atomic E-state index is 10.8. The Morgan fingerprint density at radius 1 is 1.53 bits per heavy atom. The molecule has 0 saturated carbocycles. The summed E-state index contributed by atoms with van der Waals surface area (Å²) < 4.78 is 0. The Balaban J connectivity index is 2.83. The van der Waals surface area contributed by atoms with Gasteiger partial charge in [0.2, 0.25) is 5.91 Å². The van der Waals surface area contributed by atoms with Crippen molar-refractivity contribution in [1.29, 1.82) is 0 Å². The molecule has 0 aliphatic rings. The molecule has 0 heterocycles. The third kappa shape index (κ3) is 4.10. The lowest BCUT2D eigenvalue weighted by Crippen LogP contribution is -2.06. The summed E-state index contributed by atoms with van der Waals surface area (Å²) >= 11 is 11.9. The Hall–Kier alpha value is -0.730. The highest BCUT2D eigenvalue weighted by Gasteiger charge is 2.05. The SMILES string of the molecule is CC(=O)Nc1ccc(CC(C)Cl)cc1Cl. The van der Waals surface area contributed by atoms with Crippen LogP contribution in [0.2, 0.25) is 5.02 Å². The zero-order valence-corrected chi connectivity index (χ0v) is 10.2. The van der Waals surface area contributed by atoms with E-state index in [0.29, 0.717) is 10.7 Å². The van der Waals surface area contributed by atoms with Crippen molar-refractivity contribution in [1.82, 2.24) is 0 Å². The van der Waals surface area contributed by atoms with Crippen molar-refractivity contribution >= 4 is 34.8 Å². The zero-order chi connectivity index (χ0) is 11.4. The molecule has 0 saturated heterocycles. The maximum atomic E-state index is 10.8. The number of benzene rings is 1. The normalized spacial score (nSPS) is 12.3. The summed E-state index contributed by atoms with van der Waals surface area (Å²) in [6.07, 6.45) is 0.766. The molecule has 1 aromatic rings. The number of rotatable bonds is 3. The number of halogens is 2. The van der Waals surface area contributed by atoms with E-state index in [4.69, 9.17) is 23.2 Å². The van der Waals surface area contributed by atoms with Gasteiger partial charge in [0.15, 0.2) is 0 Å². The van der Waals surface area contributed by atoms with Crippen LogP contribution in [0.1, 0.15) is 19.4 Å². The second kappa shape index (κ2) is 5.38. The molecule has 1 N–H and O–H groups in total. The van der Waals surface area contributed by atoms with Crippen LogP contribution in [-0.2, 0) is 11.2 Å². The molecule has 0 aliphatic heterocycles. The molecule has 0 aliphatic carbocycles. The van der Waals surface area contributed by atoms with E-state index in [0.717, 1.165) is 12.0 Å². The minimum absolute atomic E-state index is 0.0766. The van der Waals surface area contributed by atoms with E-state index >= 15 is 0 Å². The first-order valence-electron chi connectivity index (χ1n) is 4.69. The van der Waals surface area contributed by atoms with Gasteiger partial charge < -0.3 is 5.32 Å². The molecule has 0 fully saturated rings. The van der Waals surface area contributed by atoms with Gasteiger partial charge in [0.1, 0.15) is 0 Å². The molecule has 0 bridgehead atoms. The molecule has 0 aromatic heterocycles. The molecule has 2 nitrogen and oxygen atoms in total. The second-order valence-electron chi connectivity index (χ2n) is 3.48. The van der Waals surface area contributed by atoms with Gasteiger partial charge in [0, 0.05) is 12.3 Å². The number of carbonyl (C=O) groups is 1. The van der Waals surface area contributed by atoms with Crippen LogP contribution in [0.5, 0.6) is 0 Å². The van der Waals surface area contributed by atoms with Gasteiger partial charge in [-0.2, -0.15) is 0 Å². The van der Waals surface area contributed by atoms with Crippen LogP contribution in [0.15, 0.2) is 18.2 Å². The predicted molar refractivity (Wildman–Crippen MR) is 64.8 cm³/mol. The van der Waals surface area contributed by atoms with Crippen LogP contribution < -0.4 is 5.32 Å². The first-order chi connectivity index (χ1) is 6.99. The molecule has 1 rings (SSSR count). The summed E-state index contributed by atoms with van der Waals surface area (Å²) in [5, 5.41) is 3.27. The van der Waals surface area contributed by atoms with Crippen molar-refractivity contribution in [2.24, 2.45) is 0 Å². The van der Waals surface area contributed by atoms with E-state index in [1.807, 2.05) is 19.1 Å². The Morgan fingerprint density at radius 2 is 2.20 bits per heavy atom. The summed E-state index contributed by atoms with van der Waals surface area (Å²) in [5.74, 6) is -0.129. The van der Waals surface area contributed by atoms with Crippen molar-refractivity contribution in [2.45, 2.75) is 25.6 Å². The Labute approximate surface area is 99.6 Å². The molecule has 0 radical (unpaired) electrons. The molecule has 1 atom stereocenters. The molecular formula is C11H13Cl2NO. The molecule has 82 valence electrons. The summed E-state index contributed by atoms with van der Waals surface area (Å²) in [6.45, 7) is 3.38. The monoisotopic (exact) mass is 245 g/mol. The number of hydrogen-bond acceptors (Lipinski definition) is 1. The molecule has 1 unspecified atom stereocenters. The fourth-order valence-electron chi connectivity index (χ4n) is 1.30. The smallest absolute Gasteiger partial charge is 0.221 e. The van der Waals surface area contributed by atoms with Crippen molar-refractivity contribution in [3.63, 3.8) is 0 Å². The lowest BCUT2D eigenvalue weighted by Gasteiger charge is -2.08. The molecule has 0 spiro atoms. The summed E-state index contributed by atoms with van der Waals surface area (Å²) in [5.41, 5.74) is 1.70. The van der Waals surface area contributed by atoms with Crippen LogP contribution in [0.4, 0.5) is 5.69 Å². The lowest BCUT2D eigenvalue weighted by atomic mass is 10.1. The first kappa shape index (κ1) is 12.3. The molecule has 15 heavy (non-hydrogen) atoms. The van der Waals surface area contributed by atoms with E-state index in [9.17, 15) is 4.79 Å². The van der Waals surface area contributed by atoms with Gasteiger partial charge in [-0.05, 0) is 31.0 Å². The highest BCUT2D eigenvalue weighted by atomic mass is 35.5. The predicted octanol–water partition coefficient (Wildman–Crippen LogP) is 3.47. The molecule has 1 amide bonds. The van der Waals surface area contributed by atoms with Crippen LogP contribution in [0.25, 0.3) is 0 Å². The number of carbonyl (C=O) groups excluding carboxylic acids is 1. The van der Waals surface area contributed by atoms with Crippen molar-refractivity contribution in [3.8, 4) is 0 Å². The fraction of sp³-hybridized carbons (Fsp3) is 0.364. The minimum Gasteiger partial charge on any atom is -0.325 e. The van der Waals surface area contributed by atoms with E-state index < -0.39 is 0 Å². The Bertz CT molecular complexity index is 364. The highest BCUT2D eigenvalue weighted by molar-refractivity contribution is 6.33. The summed E-state index contributed by atoms with van der Waals surface area (Å²) in [6, 6.07) is 5.53. The average Bonchev–Trinajstić information content (AvgIpc) is 2.08. The largest absolute Gasteiger partial charge is 0.325 e. The molecular weight excluding hydrogens is 233 g/mol. The van der Waals surface area contributed by atoms with E-state index in [-0.39, 0.29) is 11.3 Å². The number of anilines is 1. The third-order valence-corrected chi connectivity index (χ3v) is 2.33.